The second kappa shape index (κ2) is 5.07. The van der Waals surface area contributed by atoms with Gasteiger partial charge in [-0.15, -0.1) is 0 Å². The molecule has 2 rings (SSSR count). The molecule has 0 bridgehead atoms. The van der Waals surface area contributed by atoms with E-state index in [2.05, 4.69) is 26.0 Å². The van der Waals surface area contributed by atoms with Crippen LogP contribution in [0.3, 0.4) is 0 Å². The minimum Gasteiger partial charge on any atom is -0.261 e. The minimum atomic E-state index is -0.441. The second-order valence-corrected chi connectivity index (χ2v) is 5.51. The Bertz CT molecular complexity index is 614. The smallest absolute Gasteiger partial charge is 0.261 e. The lowest BCUT2D eigenvalue weighted by atomic mass is 10.4. The zero-order chi connectivity index (χ0) is 13.3. The number of rotatable bonds is 3. The van der Waals surface area contributed by atoms with Gasteiger partial charge < -0.3 is 0 Å². The van der Waals surface area contributed by atoms with Gasteiger partial charge in [0.15, 0.2) is 5.03 Å². The van der Waals surface area contributed by atoms with Crippen LogP contribution < -0.4 is 0 Å². The number of aryl methyl sites for hydroxylation is 2. The highest BCUT2D eigenvalue weighted by Gasteiger charge is 2.18. The molecule has 0 aliphatic carbocycles. The lowest BCUT2D eigenvalue weighted by molar-refractivity contribution is -0.388. The fourth-order valence-electron chi connectivity index (χ4n) is 1.41. The molecule has 18 heavy (non-hydrogen) atoms. The molecule has 0 fully saturated rings. The number of hydrogen-bond donors (Lipinski definition) is 0. The zero-order valence-corrected chi connectivity index (χ0v) is 12.0. The molecule has 0 amide bonds. The summed E-state index contributed by atoms with van der Waals surface area (Å²) in [7, 11) is 1.79. The summed E-state index contributed by atoms with van der Waals surface area (Å²) in [4.78, 5) is 14.6. The van der Waals surface area contributed by atoms with Crippen LogP contribution >= 0.6 is 27.7 Å². The third-order valence-electron chi connectivity index (χ3n) is 2.16. The lowest BCUT2D eigenvalue weighted by Gasteiger charge is -2.02. The molecule has 0 saturated carbocycles. The largest absolute Gasteiger partial charge is 0.302 e. The molecule has 2 heterocycles. The predicted molar refractivity (Wildman–Crippen MR) is 70.7 cm³/mol. The van der Waals surface area contributed by atoms with Crippen molar-refractivity contribution in [1.29, 1.82) is 0 Å². The van der Waals surface area contributed by atoms with Crippen LogP contribution in [0, 0.1) is 17.0 Å². The standard InChI is InChI=1S/C10H9BrN4O2S/c1-6-3-9(14(2)13-6)18-10-8(15(16)17)4-7(11)5-12-10/h3-5H,1-2H3. The third kappa shape index (κ3) is 2.70. The molecule has 2 aromatic heterocycles. The maximum atomic E-state index is 11.0. The number of aromatic nitrogens is 3. The molecule has 0 unspecified atom stereocenters. The molecule has 0 spiro atoms. The highest BCUT2D eigenvalue weighted by molar-refractivity contribution is 9.10. The van der Waals surface area contributed by atoms with E-state index in [1.807, 2.05) is 13.0 Å². The summed E-state index contributed by atoms with van der Waals surface area (Å²) in [5, 5.41) is 16.3. The molecule has 2 aromatic rings. The van der Waals surface area contributed by atoms with Gasteiger partial charge in [-0.25, -0.2) is 4.98 Å². The number of hydrogen-bond acceptors (Lipinski definition) is 5. The fourth-order valence-corrected chi connectivity index (χ4v) is 2.67. The first kappa shape index (κ1) is 13.0. The first-order chi connectivity index (χ1) is 8.47. The summed E-state index contributed by atoms with van der Waals surface area (Å²) >= 11 is 4.40. The quantitative estimate of drug-likeness (QED) is 0.639. The molecular formula is C10H9BrN4O2S. The van der Waals surface area contributed by atoms with E-state index in [0.717, 1.165) is 10.7 Å². The van der Waals surface area contributed by atoms with Crippen LogP contribution in [-0.4, -0.2) is 19.7 Å². The van der Waals surface area contributed by atoms with Crippen LogP contribution in [0.2, 0.25) is 0 Å². The lowest BCUT2D eigenvalue weighted by Crippen LogP contribution is -1.96. The van der Waals surface area contributed by atoms with Crippen molar-refractivity contribution in [3.63, 3.8) is 0 Å². The van der Waals surface area contributed by atoms with Crippen LogP contribution in [0.1, 0.15) is 5.69 Å². The predicted octanol–water partition coefficient (Wildman–Crippen LogP) is 2.95. The molecule has 8 heteroatoms. The molecular weight excluding hydrogens is 320 g/mol. The molecule has 6 nitrogen and oxygen atoms in total. The van der Waals surface area contributed by atoms with Crippen LogP contribution in [0.15, 0.2) is 32.9 Å². The highest BCUT2D eigenvalue weighted by Crippen LogP contribution is 2.34. The maximum absolute atomic E-state index is 11.0. The van der Waals surface area contributed by atoms with Gasteiger partial charge in [0.1, 0.15) is 5.03 Å². The van der Waals surface area contributed by atoms with Crippen molar-refractivity contribution in [1.82, 2.24) is 14.8 Å². The molecule has 0 radical (unpaired) electrons. The average Bonchev–Trinajstić information content (AvgIpc) is 2.60. The van der Waals surface area contributed by atoms with Gasteiger partial charge in [-0.2, -0.15) is 5.10 Å². The van der Waals surface area contributed by atoms with Crippen LogP contribution in [0.25, 0.3) is 0 Å². The Balaban J connectivity index is 2.40. The summed E-state index contributed by atoms with van der Waals surface area (Å²) in [6.07, 6.45) is 1.54. The average molecular weight is 329 g/mol. The van der Waals surface area contributed by atoms with Gasteiger partial charge in [0.25, 0.3) is 0 Å². The maximum Gasteiger partial charge on any atom is 0.302 e. The van der Waals surface area contributed by atoms with E-state index in [4.69, 9.17) is 0 Å². The molecule has 0 aliphatic rings. The topological polar surface area (TPSA) is 73.8 Å². The molecule has 0 aliphatic heterocycles. The van der Waals surface area contributed by atoms with Gasteiger partial charge >= 0.3 is 5.69 Å². The fraction of sp³-hybridized carbons (Fsp3) is 0.200. The normalized spacial score (nSPS) is 10.6. The van der Waals surface area contributed by atoms with Crippen LogP contribution in [0.4, 0.5) is 5.69 Å². The SMILES string of the molecule is Cc1cc(Sc2ncc(Br)cc2[N+](=O)[O-])n(C)n1. The van der Waals surface area contributed by atoms with Crippen molar-refractivity contribution in [2.75, 3.05) is 0 Å². The van der Waals surface area contributed by atoms with E-state index in [9.17, 15) is 10.1 Å². The van der Waals surface area contributed by atoms with Crippen LogP contribution in [0.5, 0.6) is 0 Å². The summed E-state index contributed by atoms with van der Waals surface area (Å²) in [5.41, 5.74) is 0.841. The summed E-state index contributed by atoms with van der Waals surface area (Å²) in [5.74, 6) is 0. The van der Waals surface area contributed by atoms with Gasteiger partial charge in [0, 0.05) is 23.8 Å². The summed E-state index contributed by atoms with van der Waals surface area (Å²) in [6.45, 7) is 1.87. The number of halogens is 1. The van der Waals surface area contributed by atoms with E-state index in [-0.39, 0.29) is 5.69 Å². The molecule has 0 atom stereocenters. The third-order valence-corrected chi connectivity index (χ3v) is 3.69. The Morgan fingerprint density at radius 1 is 1.50 bits per heavy atom. The zero-order valence-electron chi connectivity index (χ0n) is 9.62. The van der Waals surface area contributed by atoms with E-state index in [1.165, 1.54) is 17.8 Å². The van der Waals surface area contributed by atoms with Crippen molar-refractivity contribution in [2.24, 2.45) is 7.05 Å². The number of nitro groups is 1. The number of nitrogens with zero attached hydrogens (tertiary/aromatic N) is 4. The Hall–Kier alpha value is -1.41. The first-order valence-corrected chi connectivity index (χ1v) is 6.57. The number of pyridine rings is 1. The summed E-state index contributed by atoms with van der Waals surface area (Å²) < 4.78 is 2.26. The van der Waals surface area contributed by atoms with Gasteiger partial charge in [-0.3, -0.25) is 14.8 Å². The molecule has 0 N–H and O–H groups in total. The Kier molecular flexibility index (Phi) is 3.67. The Morgan fingerprint density at radius 2 is 2.22 bits per heavy atom. The van der Waals surface area contributed by atoms with E-state index in [0.29, 0.717) is 9.50 Å². The van der Waals surface area contributed by atoms with Gasteiger partial charge in [0.2, 0.25) is 0 Å². The van der Waals surface area contributed by atoms with Crippen molar-refractivity contribution in [3.8, 4) is 0 Å². The van der Waals surface area contributed by atoms with E-state index < -0.39 is 4.92 Å². The minimum absolute atomic E-state index is 0.0202. The van der Waals surface area contributed by atoms with Crippen molar-refractivity contribution >= 4 is 33.4 Å². The van der Waals surface area contributed by atoms with Crippen molar-refractivity contribution < 1.29 is 4.92 Å². The van der Waals surface area contributed by atoms with Gasteiger partial charge in [-0.1, -0.05) is 0 Å². The Labute approximate surface area is 116 Å². The summed E-state index contributed by atoms with van der Waals surface area (Å²) in [6, 6.07) is 3.30. The van der Waals surface area contributed by atoms with Crippen LogP contribution in [-0.2, 0) is 7.05 Å². The monoisotopic (exact) mass is 328 g/mol. The van der Waals surface area contributed by atoms with E-state index in [1.54, 1.807) is 17.9 Å². The van der Waals surface area contributed by atoms with Gasteiger partial charge in [0.05, 0.1) is 10.6 Å². The second-order valence-electron chi connectivity index (χ2n) is 3.58. The first-order valence-electron chi connectivity index (χ1n) is 4.96. The molecule has 94 valence electrons. The molecule has 0 aromatic carbocycles. The van der Waals surface area contributed by atoms with Crippen molar-refractivity contribution in [3.05, 3.63) is 38.6 Å². The molecule has 0 saturated heterocycles. The Morgan fingerprint density at radius 3 is 2.78 bits per heavy atom. The highest BCUT2D eigenvalue weighted by atomic mass is 79.9. The van der Waals surface area contributed by atoms with Crippen molar-refractivity contribution in [2.45, 2.75) is 17.0 Å². The van der Waals surface area contributed by atoms with Gasteiger partial charge in [-0.05, 0) is 40.7 Å². The van der Waals surface area contributed by atoms with E-state index >= 15 is 0 Å².